The van der Waals surface area contributed by atoms with Crippen molar-refractivity contribution in [3.8, 4) is 0 Å². The van der Waals surface area contributed by atoms with Crippen LogP contribution in [0, 0.1) is 5.82 Å². The van der Waals surface area contributed by atoms with Crippen LogP contribution in [0.25, 0.3) is 0 Å². The molecule has 1 aromatic carbocycles. The van der Waals surface area contributed by atoms with Gasteiger partial charge in [0.25, 0.3) is 5.56 Å². The van der Waals surface area contributed by atoms with Gasteiger partial charge in [-0.2, -0.15) is 0 Å². The van der Waals surface area contributed by atoms with Gasteiger partial charge in [-0.15, -0.1) is 0 Å². The molecule has 0 saturated carbocycles. The zero-order chi connectivity index (χ0) is 17.4. The van der Waals surface area contributed by atoms with Gasteiger partial charge in [-0.25, -0.2) is 9.37 Å². The summed E-state index contributed by atoms with van der Waals surface area (Å²) in [6, 6.07) is 6.21. The summed E-state index contributed by atoms with van der Waals surface area (Å²) in [7, 11) is 1.59. The van der Waals surface area contributed by atoms with Gasteiger partial charge in [0.2, 0.25) is 5.95 Å². The Morgan fingerprint density at radius 1 is 1.39 bits per heavy atom. The largest absolute Gasteiger partial charge is 0.396 e. The van der Waals surface area contributed by atoms with Crippen molar-refractivity contribution in [3.05, 3.63) is 51.7 Å². The van der Waals surface area contributed by atoms with E-state index in [1.807, 2.05) is 13.8 Å². The minimum absolute atomic E-state index is 0.0146. The summed E-state index contributed by atoms with van der Waals surface area (Å²) < 4.78 is 13.8. The molecule has 0 bridgehead atoms. The lowest BCUT2D eigenvalue weighted by atomic mass is 9.94. The Hall–Kier alpha value is -2.41. The minimum Gasteiger partial charge on any atom is -0.396 e. The molecule has 0 aliphatic carbocycles. The third kappa shape index (κ3) is 4.53. The lowest BCUT2D eigenvalue weighted by molar-refractivity contribution is 0.261. The molecular formula is C16H23FN4O2. The number of nitrogens with zero attached hydrogens (tertiary/aromatic N) is 1. The Kier molecular flexibility index (Phi) is 7.21. The summed E-state index contributed by atoms with van der Waals surface area (Å²) in [5.41, 5.74) is 6.17. The first-order valence-electron chi connectivity index (χ1n) is 7.48. The standard InChI is InChI=1S/C14H17FN4O2.C2H6/c1-17-12-11(18-14(16)19-13(12)21)6-8(7-20)9-4-2-3-5-10(9)15;1-2/h2-5,8,17,20H,6-7H2,1H3,(H3,16,18,19,21);1-2H3/t8-;/m0./s1. The molecular weight excluding hydrogens is 299 g/mol. The van der Waals surface area contributed by atoms with Gasteiger partial charge in [0, 0.05) is 19.4 Å². The van der Waals surface area contributed by atoms with Gasteiger partial charge in [-0.05, 0) is 11.6 Å². The minimum atomic E-state index is -0.507. The van der Waals surface area contributed by atoms with E-state index in [4.69, 9.17) is 5.73 Å². The number of nitrogen functional groups attached to an aromatic ring is 1. The fourth-order valence-electron chi connectivity index (χ4n) is 2.26. The van der Waals surface area contributed by atoms with E-state index in [-0.39, 0.29) is 24.7 Å². The Morgan fingerprint density at radius 2 is 2.04 bits per heavy atom. The number of hydrogen-bond acceptors (Lipinski definition) is 5. The number of nitrogens with two attached hydrogens (primary N) is 1. The number of aliphatic hydroxyl groups is 1. The fourth-order valence-corrected chi connectivity index (χ4v) is 2.26. The normalized spacial score (nSPS) is 11.3. The molecule has 1 aromatic heterocycles. The number of H-pyrrole nitrogens is 1. The van der Waals surface area contributed by atoms with Crippen LogP contribution in [0.3, 0.4) is 0 Å². The molecule has 0 aliphatic rings. The van der Waals surface area contributed by atoms with Gasteiger partial charge in [0.1, 0.15) is 11.5 Å². The molecule has 6 nitrogen and oxygen atoms in total. The quantitative estimate of drug-likeness (QED) is 0.673. The van der Waals surface area contributed by atoms with Gasteiger partial charge < -0.3 is 16.2 Å². The van der Waals surface area contributed by atoms with E-state index in [2.05, 4.69) is 15.3 Å². The molecule has 0 unspecified atom stereocenters. The van der Waals surface area contributed by atoms with Gasteiger partial charge in [0.15, 0.2) is 0 Å². The number of rotatable bonds is 5. The van der Waals surface area contributed by atoms with Crippen LogP contribution >= 0.6 is 0 Å². The monoisotopic (exact) mass is 322 g/mol. The highest BCUT2D eigenvalue weighted by Gasteiger charge is 2.19. The topological polar surface area (TPSA) is 104 Å². The van der Waals surface area contributed by atoms with Gasteiger partial charge in [0.05, 0.1) is 12.3 Å². The summed E-state index contributed by atoms with van der Waals surface area (Å²) >= 11 is 0. The van der Waals surface area contributed by atoms with Crippen LogP contribution in [0.5, 0.6) is 0 Å². The van der Waals surface area contributed by atoms with Crippen molar-refractivity contribution in [1.82, 2.24) is 9.97 Å². The third-order valence-electron chi connectivity index (χ3n) is 3.27. The molecule has 0 fully saturated rings. The van der Waals surface area contributed by atoms with Crippen molar-refractivity contribution in [1.29, 1.82) is 0 Å². The molecule has 126 valence electrons. The highest BCUT2D eigenvalue weighted by atomic mass is 19.1. The Balaban J connectivity index is 0.00000127. The zero-order valence-electron chi connectivity index (χ0n) is 13.6. The molecule has 0 radical (unpaired) electrons. The van der Waals surface area contributed by atoms with E-state index in [1.54, 1.807) is 25.2 Å². The van der Waals surface area contributed by atoms with Crippen LogP contribution in [0.15, 0.2) is 29.1 Å². The predicted octanol–water partition coefficient (Wildman–Crippen LogP) is 1.88. The lowest BCUT2D eigenvalue weighted by Gasteiger charge is -2.16. The van der Waals surface area contributed by atoms with Crippen molar-refractivity contribution in [3.63, 3.8) is 0 Å². The first kappa shape index (κ1) is 18.6. The number of anilines is 2. The molecule has 1 atom stereocenters. The smallest absolute Gasteiger partial charge is 0.275 e. The van der Waals surface area contributed by atoms with Crippen LogP contribution in [0.2, 0.25) is 0 Å². The molecule has 23 heavy (non-hydrogen) atoms. The SMILES string of the molecule is CC.CNc1c(C[C@@H](CO)c2ccccc2F)nc(N)[nH]c1=O. The van der Waals surface area contributed by atoms with E-state index < -0.39 is 17.3 Å². The summed E-state index contributed by atoms with van der Waals surface area (Å²) in [5, 5.41) is 12.3. The van der Waals surface area contributed by atoms with Crippen molar-refractivity contribution in [2.45, 2.75) is 26.2 Å². The van der Waals surface area contributed by atoms with Gasteiger partial charge in [-0.1, -0.05) is 32.0 Å². The molecule has 2 rings (SSSR count). The third-order valence-corrected chi connectivity index (χ3v) is 3.27. The maximum absolute atomic E-state index is 13.8. The van der Waals surface area contributed by atoms with Crippen molar-refractivity contribution in [2.75, 3.05) is 24.7 Å². The van der Waals surface area contributed by atoms with Crippen molar-refractivity contribution in [2.24, 2.45) is 0 Å². The van der Waals surface area contributed by atoms with Crippen LogP contribution in [-0.4, -0.2) is 28.7 Å². The summed E-state index contributed by atoms with van der Waals surface area (Å²) in [5.74, 6) is -0.924. The summed E-state index contributed by atoms with van der Waals surface area (Å²) in [4.78, 5) is 18.2. The highest BCUT2D eigenvalue weighted by molar-refractivity contribution is 5.48. The molecule has 0 amide bonds. The average Bonchev–Trinajstić information content (AvgIpc) is 2.55. The number of nitrogens with one attached hydrogen (secondary N) is 2. The number of aliphatic hydroxyl groups excluding tert-OH is 1. The van der Waals surface area contributed by atoms with E-state index in [9.17, 15) is 14.3 Å². The van der Waals surface area contributed by atoms with E-state index in [1.165, 1.54) is 6.07 Å². The molecule has 7 heteroatoms. The van der Waals surface area contributed by atoms with Crippen LogP contribution in [0.1, 0.15) is 31.0 Å². The van der Waals surface area contributed by atoms with Gasteiger partial charge >= 0.3 is 0 Å². The number of aromatic nitrogens is 2. The summed E-state index contributed by atoms with van der Waals surface area (Å²) in [6.45, 7) is 3.73. The Labute approximate surface area is 134 Å². The zero-order valence-corrected chi connectivity index (χ0v) is 13.6. The van der Waals surface area contributed by atoms with Crippen LogP contribution in [-0.2, 0) is 6.42 Å². The first-order valence-corrected chi connectivity index (χ1v) is 7.48. The summed E-state index contributed by atoms with van der Waals surface area (Å²) in [6.07, 6.45) is 0.196. The van der Waals surface area contributed by atoms with Crippen LogP contribution < -0.4 is 16.6 Å². The highest BCUT2D eigenvalue weighted by Crippen LogP contribution is 2.24. The molecule has 2 aromatic rings. The van der Waals surface area contributed by atoms with Crippen molar-refractivity contribution >= 4 is 11.6 Å². The second kappa shape index (κ2) is 8.89. The van der Waals surface area contributed by atoms with Gasteiger partial charge in [-0.3, -0.25) is 9.78 Å². The molecule has 1 heterocycles. The molecule has 0 saturated heterocycles. The van der Waals surface area contributed by atoms with Crippen LogP contribution in [0.4, 0.5) is 16.0 Å². The first-order chi connectivity index (χ1) is 11.1. The van der Waals surface area contributed by atoms with Crippen molar-refractivity contribution < 1.29 is 9.50 Å². The Morgan fingerprint density at radius 3 is 2.61 bits per heavy atom. The lowest BCUT2D eigenvalue weighted by Crippen LogP contribution is -2.21. The number of hydrogen-bond donors (Lipinski definition) is 4. The number of benzene rings is 1. The maximum Gasteiger partial charge on any atom is 0.275 e. The number of aromatic amines is 1. The molecule has 0 aliphatic heterocycles. The molecule has 0 spiro atoms. The van der Waals surface area contributed by atoms with E-state index in [0.717, 1.165) is 0 Å². The van der Waals surface area contributed by atoms with E-state index in [0.29, 0.717) is 11.3 Å². The average molecular weight is 322 g/mol. The Bertz CT molecular complexity index is 688. The number of halogens is 1. The maximum atomic E-state index is 13.8. The predicted molar refractivity (Wildman–Crippen MR) is 90.1 cm³/mol. The fraction of sp³-hybridized carbons (Fsp3) is 0.375. The molecule has 5 N–H and O–H groups in total. The second-order valence-corrected chi connectivity index (χ2v) is 4.63. The second-order valence-electron chi connectivity index (χ2n) is 4.63. The van der Waals surface area contributed by atoms with E-state index >= 15 is 0 Å².